The Labute approximate surface area is 152 Å². The third kappa shape index (κ3) is 4.67. The maximum atomic E-state index is 11.8. The summed E-state index contributed by atoms with van der Waals surface area (Å²) in [6.07, 6.45) is 1.38. The molecule has 0 saturated heterocycles. The summed E-state index contributed by atoms with van der Waals surface area (Å²) in [6.45, 7) is 10.3. The lowest BCUT2D eigenvalue weighted by Crippen LogP contribution is -2.28. The maximum Gasteiger partial charge on any atom is 0.311 e. The predicted molar refractivity (Wildman–Crippen MR) is 96.4 cm³/mol. The minimum Gasteiger partial charge on any atom is -0.469 e. The minimum absolute atomic E-state index is 0.184. The van der Waals surface area contributed by atoms with Crippen LogP contribution in [0.3, 0.4) is 0 Å². The van der Waals surface area contributed by atoms with Crippen molar-refractivity contribution >= 4 is 17.3 Å². The van der Waals surface area contributed by atoms with Crippen molar-refractivity contribution in [2.45, 2.75) is 60.2 Å². The number of nitrogens with zero attached hydrogens (tertiary/aromatic N) is 2. The van der Waals surface area contributed by atoms with Crippen molar-refractivity contribution in [2.24, 2.45) is 5.41 Å². The highest BCUT2D eigenvalue weighted by Crippen LogP contribution is 2.34. The quantitative estimate of drug-likeness (QED) is 0.657. The third-order valence-electron chi connectivity index (χ3n) is 3.90. The van der Waals surface area contributed by atoms with Crippen LogP contribution in [0.1, 0.15) is 51.6 Å². The highest BCUT2D eigenvalue weighted by atomic mass is 32.1. The van der Waals surface area contributed by atoms with E-state index in [0.717, 1.165) is 16.9 Å². The van der Waals surface area contributed by atoms with Crippen LogP contribution in [0.25, 0.3) is 10.8 Å². The van der Waals surface area contributed by atoms with Crippen molar-refractivity contribution < 1.29 is 18.7 Å². The molecule has 2 rings (SSSR count). The van der Waals surface area contributed by atoms with Gasteiger partial charge in [0.1, 0.15) is 0 Å². The largest absolute Gasteiger partial charge is 0.469 e. The Kier molecular flexibility index (Phi) is 6.35. The summed E-state index contributed by atoms with van der Waals surface area (Å²) in [5.41, 5.74) is 1.62. The summed E-state index contributed by atoms with van der Waals surface area (Å²) in [5.74, 6) is 0.625. The van der Waals surface area contributed by atoms with Crippen LogP contribution in [0.2, 0.25) is 0 Å². The van der Waals surface area contributed by atoms with Crippen LogP contribution in [0.15, 0.2) is 9.80 Å². The zero-order chi connectivity index (χ0) is 18.6. The van der Waals surface area contributed by atoms with Crippen molar-refractivity contribution in [1.82, 2.24) is 10.2 Å². The first kappa shape index (κ1) is 19.6. The smallest absolute Gasteiger partial charge is 0.311 e. The molecule has 0 amide bonds. The average Bonchev–Trinajstić information content (AvgIpc) is 3.17. The van der Waals surface area contributed by atoms with E-state index in [1.807, 2.05) is 13.8 Å². The molecule has 25 heavy (non-hydrogen) atoms. The van der Waals surface area contributed by atoms with Crippen molar-refractivity contribution in [2.75, 3.05) is 7.11 Å². The molecule has 0 spiro atoms. The lowest BCUT2D eigenvalue weighted by Gasteiger charge is -2.18. The van der Waals surface area contributed by atoms with Crippen LogP contribution in [-0.4, -0.2) is 29.4 Å². The summed E-state index contributed by atoms with van der Waals surface area (Å²) in [7, 11) is 1.38. The number of hydrogen-bond donors (Lipinski definition) is 0. The van der Waals surface area contributed by atoms with E-state index in [1.54, 1.807) is 25.2 Å². The van der Waals surface area contributed by atoms with Gasteiger partial charge in [-0.1, -0.05) is 6.92 Å². The van der Waals surface area contributed by atoms with Gasteiger partial charge in [-0.3, -0.25) is 4.79 Å². The monoisotopic (exact) mass is 366 g/mol. The van der Waals surface area contributed by atoms with E-state index in [0.29, 0.717) is 24.8 Å². The van der Waals surface area contributed by atoms with Gasteiger partial charge in [-0.15, -0.1) is 21.5 Å². The SMILES string of the molecule is CCc1c(COC(C)C)csc1-c1nnc(CC(C)(C)C(=O)OC)o1. The summed E-state index contributed by atoms with van der Waals surface area (Å²) in [6, 6.07) is 0. The molecular formula is C18H26N2O4S. The van der Waals surface area contributed by atoms with Gasteiger partial charge in [-0.25, -0.2) is 0 Å². The fraction of sp³-hybridized carbons (Fsp3) is 0.611. The van der Waals surface area contributed by atoms with Gasteiger partial charge in [0.2, 0.25) is 5.89 Å². The Bertz CT molecular complexity index is 718. The van der Waals surface area contributed by atoms with E-state index in [4.69, 9.17) is 13.9 Å². The number of aromatic nitrogens is 2. The fourth-order valence-corrected chi connectivity index (χ4v) is 3.58. The van der Waals surface area contributed by atoms with Gasteiger partial charge in [0.05, 0.1) is 30.1 Å². The Hall–Kier alpha value is -1.73. The molecule has 7 heteroatoms. The number of carbonyl (C=O) groups is 1. The number of rotatable bonds is 8. The molecular weight excluding hydrogens is 340 g/mol. The zero-order valence-electron chi connectivity index (χ0n) is 15.7. The molecule has 0 N–H and O–H groups in total. The first-order chi connectivity index (χ1) is 11.8. The molecule has 2 heterocycles. The van der Waals surface area contributed by atoms with Crippen molar-refractivity contribution in [3.63, 3.8) is 0 Å². The Balaban J connectivity index is 2.21. The first-order valence-corrected chi connectivity index (χ1v) is 9.28. The van der Waals surface area contributed by atoms with Crippen LogP contribution in [0, 0.1) is 5.41 Å². The molecule has 2 aromatic heterocycles. The molecule has 0 aromatic carbocycles. The maximum absolute atomic E-state index is 11.8. The van der Waals surface area contributed by atoms with E-state index in [1.165, 1.54) is 12.7 Å². The summed E-state index contributed by atoms with van der Waals surface area (Å²) < 4.78 is 16.4. The topological polar surface area (TPSA) is 74.5 Å². The molecule has 0 atom stereocenters. The van der Waals surface area contributed by atoms with E-state index < -0.39 is 5.41 Å². The zero-order valence-corrected chi connectivity index (χ0v) is 16.5. The molecule has 0 saturated carbocycles. The fourth-order valence-electron chi connectivity index (χ4n) is 2.51. The van der Waals surface area contributed by atoms with Gasteiger partial charge in [0.15, 0.2) is 0 Å². The van der Waals surface area contributed by atoms with Gasteiger partial charge in [-0.2, -0.15) is 0 Å². The number of ether oxygens (including phenoxy) is 2. The molecule has 0 aliphatic heterocycles. The van der Waals surface area contributed by atoms with E-state index in [2.05, 4.69) is 22.5 Å². The Morgan fingerprint density at radius 3 is 2.68 bits per heavy atom. The van der Waals surface area contributed by atoms with Gasteiger partial charge >= 0.3 is 5.97 Å². The number of hydrogen-bond acceptors (Lipinski definition) is 7. The molecule has 0 unspecified atom stereocenters. The van der Waals surface area contributed by atoms with Crippen LogP contribution >= 0.6 is 11.3 Å². The Morgan fingerprint density at radius 2 is 2.08 bits per heavy atom. The second-order valence-corrected chi connectivity index (χ2v) is 7.71. The van der Waals surface area contributed by atoms with Crippen LogP contribution in [-0.2, 0) is 33.7 Å². The molecule has 0 fully saturated rings. The van der Waals surface area contributed by atoms with E-state index in [9.17, 15) is 4.79 Å². The molecule has 6 nitrogen and oxygen atoms in total. The summed E-state index contributed by atoms with van der Waals surface area (Å²) >= 11 is 1.58. The van der Waals surface area contributed by atoms with Crippen LogP contribution < -0.4 is 0 Å². The lowest BCUT2D eigenvalue weighted by atomic mass is 9.89. The Morgan fingerprint density at radius 1 is 1.36 bits per heavy atom. The number of esters is 1. The van der Waals surface area contributed by atoms with Gasteiger partial charge in [0.25, 0.3) is 5.89 Å². The molecule has 0 bridgehead atoms. The van der Waals surface area contributed by atoms with E-state index >= 15 is 0 Å². The second-order valence-electron chi connectivity index (χ2n) is 6.84. The van der Waals surface area contributed by atoms with Gasteiger partial charge in [0, 0.05) is 6.42 Å². The molecule has 0 aliphatic rings. The predicted octanol–water partition coefficient (Wildman–Crippen LogP) is 4.03. The third-order valence-corrected chi connectivity index (χ3v) is 4.96. The number of thiophene rings is 1. The standard InChI is InChI=1S/C18H26N2O4S/c1-7-13-12(9-23-11(2)3)10-25-15(13)16-20-19-14(24-16)8-18(4,5)17(21)22-6/h10-11H,7-9H2,1-6H3. The normalized spacial score (nSPS) is 12.0. The summed E-state index contributed by atoms with van der Waals surface area (Å²) in [5, 5.41) is 10.4. The first-order valence-electron chi connectivity index (χ1n) is 8.40. The van der Waals surface area contributed by atoms with Crippen molar-refractivity contribution in [3.8, 4) is 10.8 Å². The van der Waals surface area contributed by atoms with Crippen molar-refractivity contribution in [1.29, 1.82) is 0 Å². The lowest BCUT2D eigenvalue weighted by molar-refractivity contribution is -0.150. The van der Waals surface area contributed by atoms with Crippen LogP contribution in [0.4, 0.5) is 0 Å². The number of methoxy groups -OCH3 is 1. The molecule has 2 aromatic rings. The average molecular weight is 366 g/mol. The molecule has 0 aliphatic carbocycles. The van der Waals surface area contributed by atoms with Crippen LogP contribution in [0.5, 0.6) is 0 Å². The number of carbonyl (C=O) groups excluding carboxylic acids is 1. The summed E-state index contributed by atoms with van der Waals surface area (Å²) in [4.78, 5) is 12.8. The van der Waals surface area contributed by atoms with Crippen molar-refractivity contribution in [3.05, 3.63) is 22.4 Å². The molecule has 138 valence electrons. The highest BCUT2D eigenvalue weighted by Gasteiger charge is 2.31. The van der Waals surface area contributed by atoms with E-state index in [-0.39, 0.29) is 12.1 Å². The minimum atomic E-state index is -0.710. The highest BCUT2D eigenvalue weighted by molar-refractivity contribution is 7.13. The van der Waals surface area contributed by atoms with Gasteiger partial charge < -0.3 is 13.9 Å². The second kappa shape index (κ2) is 8.10. The van der Waals surface area contributed by atoms with Gasteiger partial charge in [-0.05, 0) is 50.6 Å². The molecule has 0 radical (unpaired) electrons.